The average molecular weight is 343 g/mol. The van der Waals surface area contributed by atoms with Crippen molar-refractivity contribution < 1.29 is 9.53 Å². The van der Waals surface area contributed by atoms with Gasteiger partial charge in [-0.15, -0.1) is 0 Å². The molecule has 0 spiro atoms. The van der Waals surface area contributed by atoms with Gasteiger partial charge in [0, 0.05) is 25.4 Å². The van der Waals surface area contributed by atoms with Gasteiger partial charge in [-0.3, -0.25) is 4.79 Å². The number of hydrogen-bond acceptors (Lipinski definition) is 3. The van der Waals surface area contributed by atoms with E-state index in [1.807, 2.05) is 25.3 Å². The summed E-state index contributed by atoms with van der Waals surface area (Å²) in [6.45, 7) is 10.3. The molecule has 0 unspecified atom stereocenters. The Morgan fingerprint density at radius 2 is 1.96 bits per heavy atom. The SMILES string of the molecule is Cc1nccn1CCCC(=O)NCCOc1ccc(C(C)(C)C)cc1. The lowest BCUT2D eigenvalue weighted by Gasteiger charge is -2.19. The minimum atomic E-state index is 0.0597. The van der Waals surface area contributed by atoms with Crippen LogP contribution in [0.1, 0.15) is 45.0 Å². The zero-order chi connectivity index (χ0) is 18.3. The summed E-state index contributed by atoms with van der Waals surface area (Å²) in [4.78, 5) is 16.0. The minimum absolute atomic E-state index is 0.0597. The number of hydrogen-bond donors (Lipinski definition) is 1. The molecule has 0 fully saturated rings. The first-order valence-electron chi connectivity index (χ1n) is 8.84. The molecule has 1 amide bonds. The number of aromatic nitrogens is 2. The van der Waals surface area contributed by atoms with E-state index in [2.05, 4.69) is 47.8 Å². The van der Waals surface area contributed by atoms with E-state index in [-0.39, 0.29) is 11.3 Å². The maximum Gasteiger partial charge on any atom is 0.220 e. The van der Waals surface area contributed by atoms with Crippen molar-refractivity contribution in [1.29, 1.82) is 0 Å². The molecular weight excluding hydrogens is 314 g/mol. The second kappa shape index (κ2) is 8.70. The van der Waals surface area contributed by atoms with Gasteiger partial charge < -0.3 is 14.6 Å². The molecule has 1 heterocycles. The van der Waals surface area contributed by atoms with Crippen LogP contribution in [0.5, 0.6) is 5.75 Å². The molecule has 0 aliphatic rings. The van der Waals surface area contributed by atoms with Crippen molar-refractivity contribution in [3.63, 3.8) is 0 Å². The standard InChI is InChI=1S/C20H29N3O2/c1-16-21-11-14-23(16)13-5-6-19(24)22-12-15-25-18-9-7-17(8-10-18)20(2,3)4/h7-11,14H,5-6,12-13,15H2,1-4H3,(H,22,24). The summed E-state index contributed by atoms with van der Waals surface area (Å²) in [6.07, 6.45) is 5.03. The molecule has 1 aromatic carbocycles. The molecule has 0 aliphatic heterocycles. The number of aryl methyl sites for hydroxylation is 2. The largest absolute Gasteiger partial charge is 0.492 e. The average Bonchev–Trinajstić information content (AvgIpc) is 2.96. The van der Waals surface area contributed by atoms with Gasteiger partial charge in [-0.05, 0) is 36.5 Å². The van der Waals surface area contributed by atoms with Crippen LogP contribution in [0.3, 0.4) is 0 Å². The zero-order valence-electron chi connectivity index (χ0n) is 15.7. The van der Waals surface area contributed by atoms with Crippen LogP contribution in [-0.4, -0.2) is 28.6 Å². The summed E-state index contributed by atoms with van der Waals surface area (Å²) < 4.78 is 7.73. The summed E-state index contributed by atoms with van der Waals surface area (Å²) >= 11 is 0. The van der Waals surface area contributed by atoms with E-state index in [0.717, 1.165) is 24.5 Å². The quantitative estimate of drug-likeness (QED) is 0.747. The molecule has 2 aromatic rings. The first-order valence-corrected chi connectivity index (χ1v) is 8.84. The van der Waals surface area contributed by atoms with Gasteiger partial charge in [-0.1, -0.05) is 32.9 Å². The smallest absolute Gasteiger partial charge is 0.220 e. The van der Waals surface area contributed by atoms with Crippen molar-refractivity contribution in [3.8, 4) is 5.75 Å². The predicted octanol–water partition coefficient (Wildman–Crippen LogP) is 3.46. The third-order valence-corrected chi connectivity index (χ3v) is 4.14. The Labute approximate surface area is 150 Å². The number of benzene rings is 1. The van der Waals surface area contributed by atoms with E-state index in [1.165, 1.54) is 5.56 Å². The molecule has 2 rings (SSSR count). The third kappa shape index (κ3) is 6.25. The van der Waals surface area contributed by atoms with Crippen LogP contribution in [0.4, 0.5) is 0 Å². The van der Waals surface area contributed by atoms with Crippen LogP contribution in [0.15, 0.2) is 36.7 Å². The molecule has 0 saturated heterocycles. The third-order valence-electron chi connectivity index (χ3n) is 4.14. The second-order valence-corrected chi connectivity index (χ2v) is 7.24. The molecule has 5 heteroatoms. The fraction of sp³-hybridized carbons (Fsp3) is 0.500. The highest BCUT2D eigenvalue weighted by Crippen LogP contribution is 2.24. The number of rotatable bonds is 8. The Kier molecular flexibility index (Phi) is 6.62. The molecule has 1 aromatic heterocycles. The zero-order valence-corrected chi connectivity index (χ0v) is 15.7. The van der Waals surface area contributed by atoms with Crippen LogP contribution in [-0.2, 0) is 16.8 Å². The van der Waals surface area contributed by atoms with Gasteiger partial charge in [-0.2, -0.15) is 0 Å². The molecule has 1 N–H and O–H groups in total. The van der Waals surface area contributed by atoms with Gasteiger partial charge in [0.1, 0.15) is 18.2 Å². The highest BCUT2D eigenvalue weighted by Gasteiger charge is 2.12. The summed E-state index contributed by atoms with van der Waals surface area (Å²) in [5, 5.41) is 2.89. The Morgan fingerprint density at radius 1 is 1.24 bits per heavy atom. The monoisotopic (exact) mass is 343 g/mol. The molecule has 0 aliphatic carbocycles. The van der Waals surface area contributed by atoms with Gasteiger partial charge in [0.2, 0.25) is 5.91 Å². The van der Waals surface area contributed by atoms with E-state index in [9.17, 15) is 4.79 Å². The number of carbonyl (C=O) groups excluding carboxylic acids is 1. The number of ether oxygens (including phenoxy) is 1. The van der Waals surface area contributed by atoms with Gasteiger partial charge in [0.15, 0.2) is 0 Å². The van der Waals surface area contributed by atoms with Gasteiger partial charge in [-0.25, -0.2) is 4.98 Å². The Morgan fingerprint density at radius 3 is 2.56 bits per heavy atom. The van der Waals surface area contributed by atoms with Gasteiger partial charge >= 0.3 is 0 Å². The summed E-state index contributed by atoms with van der Waals surface area (Å²) in [5.41, 5.74) is 1.42. The normalized spacial score (nSPS) is 11.4. The number of amides is 1. The highest BCUT2D eigenvalue weighted by molar-refractivity contribution is 5.75. The van der Waals surface area contributed by atoms with Crippen molar-refractivity contribution in [1.82, 2.24) is 14.9 Å². The lowest BCUT2D eigenvalue weighted by molar-refractivity contribution is -0.121. The summed E-state index contributed by atoms with van der Waals surface area (Å²) in [7, 11) is 0. The fourth-order valence-electron chi connectivity index (χ4n) is 2.55. The van der Waals surface area contributed by atoms with Crippen LogP contribution in [0, 0.1) is 6.92 Å². The molecular formula is C20H29N3O2. The van der Waals surface area contributed by atoms with Crippen molar-refractivity contribution >= 4 is 5.91 Å². The lowest BCUT2D eigenvalue weighted by Crippen LogP contribution is -2.28. The molecule has 25 heavy (non-hydrogen) atoms. The van der Waals surface area contributed by atoms with Crippen LogP contribution in [0.25, 0.3) is 0 Å². The highest BCUT2D eigenvalue weighted by atomic mass is 16.5. The molecule has 0 saturated carbocycles. The van der Waals surface area contributed by atoms with Crippen LogP contribution < -0.4 is 10.1 Å². The number of carbonyl (C=O) groups is 1. The van der Waals surface area contributed by atoms with Crippen molar-refractivity contribution in [2.24, 2.45) is 0 Å². The van der Waals surface area contributed by atoms with Crippen LogP contribution >= 0.6 is 0 Å². The lowest BCUT2D eigenvalue weighted by atomic mass is 9.87. The van der Waals surface area contributed by atoms with Crippen molar-refractivity contribution in [3.05, 3.63) is 48.0 Å². The topological polar surface area (TPSA) is 56.2 Å². The van der Waals surface area contributed by atoms with Gasteiger partial charge in [0.05, 0.1) is 6.54 Å². The Balaban J connectivity index is 1.60. The van der Waals surface area contributed by atoms with E-state index >= 15 is 0 Å². The predicted molar refractivity (Wildman–Crippen MR) is 99.8 cm³/mol. The van der Waals surface area contributed by atoms with E-state index in [0.29, 0.717) is 19.6 Å². The van der Waals surface area contributed by atoms with Crippen molar-refractivity contribution in [2.75, 3.05) is 13.2 Å². The number of nitrogens with one attached hydrogen (secondary N) is 1. The van der Waals surface area contributed by atoms with E-state index in [1.54, 1.807) is 6.20 Å². The molecule has 0 radical (unpaired) electrons. The molecule has 136 valence electrons. The molecule has 5 nitrogen and oxygen atoms in total. The first kappa shape index (κ1) is 19.0. The minimum Gasteiger partial charge on any atom is -0.492 e. The summed E-state index contributed by atoms with van der Waals surface area (Å²) in [6, 6.07) is 8.14. The maximum atomic E-state index is 11.8. The van der Waals surface area contributed by atoms with Gasteiger partial charge in [0.25, 0.3) is 0 Å². The summed E-state index contributed by atoms with van der Waals surface area (Å²) in [5.74, 6) is 1.87. The fourth-order valence-corrected chi connectivity index (χ4v) is 2.55. The number of nitrogens with zero attached hydrogens (tertiary/aromatic N) is 2. The van der Waals surface area contributed by atoms with E-state index < -0.39 is 0 Å². The van der Waals surface area contributed by atoms with Crippen LogP contribution in [0.2, 0.25) is 0 Å². The van der Waals surface area contributed by atoms with Crippen molar-refractivity contribution in [2.45, 2.75) is 52.5 Å². The second-order valence-electron chi connectivity index (χ2n) is 7.24. The van der Waals surface area contributed by atoms with E-state index in [4.69, 9.17) is 4.74 Å². The molecule has 0 atom stereocenters. The maximum absolute atomic E-state index is 11.8. The number of imidazole rings is 1. The Bertz CT molecular complexity index is 669. The molecule has 0 bridgehead atoms. The Hall–Kier alpha value is -2.30. The first-order chi connectivity index (χ1) is 11.9.